The number of ether oxygens (including phenoxy) is 1. The Labute approximate surface area is 154 Å². The molecule has 0 spiro atoms. The Morgan fingerprint density at radius 2 is 1.92 bits per heavy atom. The first-order valence-electron chi connectivity index (χ1n) is 8.12. The first-order chi connectivity index (χ1) is 12.6. The van der Waals surface area contributed by atoms with Gasteiger partial charge in [-0.3, -0.25) is 4.79 Å². The van der Waals surface area contributed by atoms with Crippen LogP contribution in [0.4, 0.5) is 5.69 Å². The third kappa shape index (κ3) is 3.88. The van der Waals surface area contributed by atoms with E-state index in [1.807, 2.05) is 31.2 Å². The fourth-order valence-corrected chi connectivity index (χ4v) is 3.30. The van der Waals surface area contributed by atoms with E-state index in [1.165, 1.54) is 18.9 Å². The third-order valence-corrected chi connectivity index (χ3v) is 4.98. The fraction of sp³-hybridized carbons (Fsp3) is 0.211. The molecule has 7 heteroatoms. The van der Waals surface area contributed by atoms with Crippen molar-refractivity contribution in [3.63, 3.8) is 0 Å². The fourth-order valence-electron chi connectivity index (χ4n) is 2.44. The summed E-state index contributed by atoms with van der Waals surface area (Å²) in [4.78, 5) is 28.9. The van der Waals surface area contributed by atoms with Gasteiger partial charge in [0.1, 0.15) is 5.52 Å². The SMILES string of the molecule is CCC(Sc1nc2ccccc2o1)C(=O)Nc1ccccc1C(=O)OC. The highest BCUT2D eigenvalue weighted by Crippen LogP contribution is 2.29. The average Bonchev–Trinajstić information content (AvgIpc) is 3.08. The minimum atomic E-state index is -0.499. The van der Waals surface area contributed by atoms with Crippen molar-refractivity contribution < 1.29 is 18.7 Å². The van der Waals surface area contributed by atoms with Gasteiger partial charge in [0.2, 0.25) is 5.91 Å². The number of methoxy groups -OCH3 is 1. The minimum Gasteiger partial charge on any atom is -0.465 e. The second kappa shape index (κ2) is 8.05. The van der Waals surface area contributed by atoms with Gasteiger partial charge in [0.05, 0.1) is 23.6 Å². The molecule has 0 saturated carbocycles. The van der Waals surface area contributed by atoms with Gasteiger partial charge >= 0.3 is 5.97 Å². The van der Waals surface area contributed by atoms with Gasteiger partial charge in [-0.2, -0.15) is 0 Å². The van der Waals surface area contributed by atoms with Crippen LogP contribution in [-0.4, -0.2) is 29.2 Å². The quantitative estimate of drug-likeness (QED) is 0.519. The number of carbonyl (C=O) groups is 2. The maximum atomic E-state index is 12.7. The molecule has 134 valence electrons. The molecule has 0 bridgehead atoms. The molecule has 1 amide bonds. The molecule has 0 aliphatic carbocycles. The summed E-state index contributed by atoms with van der Waals surface area (Å²) in [5, 5.41) is 2.83. The molecular weight excluding hydrogens is 352 g/mol. The molecule has 0 fully saturated rings. The van der Waals surface area contributed by atoms with E-state index < -0.39 is 11.2 Å². The summed E-state index contributed by atoms with van der Waals surface area (Å²) in [7, 11) is 1.30. The standard InChI is InChI=1S/C19H18N2O4S/c1-3-16(26-19-21-14-10-6-7-11-15(14)25-19)17(22)20-13-9-5-4-8-12(13)18(23)24-2/h4-11,16H,3H2,1-2H3,(H,20,22). The van der Waals surface area contributed by atoms with Gasteiger partial charge < -0.3 is 14.5 Å². The smallest absolute Gasteiger partial charge is 0.339 e. The molecule has 26 heavy (non-hydrogen) atoms. The lowest BCUT2D eigenvalue weighted by atomic mass is 10.1. The van der Waals surface area contributed by atoms with Gasteiger partial charge in [-0.15, -0.1) is 0 Å². The van der Waals surface area contributed by atoms with Crippen LogP contribution in [0.2, 0.25) is 0 Å². The van der Waals surface area contributed by atoms with E-state index in [1.54, 1.807) is 24.3 Å². The maximum absolute atomic E-state index is 12.7. The highest BCUT2D eigenvalue weighted by Gasteiger charge is 2.23. The first-order valence-corrected chi connectivity index (χ1v) is 9.00. The van der Waals surface area contributed by atoms with Crippen LogP contribution < -0.4 is 5.32 Å². The molecule has 0 aliphatic heterocycles. The zero-order chi connectivity index (χ0) is 18.5. The van der Waals surface area contributed by atoms with Crippen molar-refractivity contribution in [1.82, 2.24) is 4.98 Å². The summed E-state index contributed by atoms with van der Waals surface area (Å²) in [6.45, 7) is 1.91. The molecule has 1 unspecified atom stereocenters. The maximum Gasteiger partial charge on any atom is 0.339 e. The topological polar surface area (TPSA) is 81.4 Å². The normalized spacial score (nSPS) is 11.9. The molecule has 1 atom stereocenters. The first kappa shape index (κ1) is 18.0. The third-order valence-electron chi connectivity index (χ3n) is 3.77. The molecule has 1 aromatic heterocycles. The number of hydrogen-bond acceptors (Lipinski definition) is 6. The predicted octanol–water partition coefficient (Wildman–Crippen LogP) is 4.12. The van der Waals surface area contributed by atoms with Crippen LogP contribution in [0.1, 0.15) is 23.7 Å². The largest absolute Gasteiger partial charge is 0.465 e. The Morgan fingerprint density at radius 3 is 2.65 bits per heavy atom. The molecule has 1 heterocycles. The van der Waals surface area contributed by atoms with E-state index in [4.69, 9.17) is 9.15 Å². The lowest BCUT2D eigenvalue weighted by molar-refractivity contribution is -0.115. The molecule has 2 aromatic carbocycles. The van der Waals surface area contributed by atoms with Crippen LogP contribution in [-0.2, 0) is 9.53 Å². The van der Waals surface area contributed by atoms with Gasteiger partial charge in [-0.05, 0) is 30.7 Å². The lowest BCUT2D eigenvalue weighted by Gasteiger charge is -2.14. The van der Waals surface area contributed by atoms with Crippen molar-refractivity contribution in [1.29, 1.82) is 0 Å². The number of anilines is 1. The number of fused-ring (bicyclic) bond motifs is 1. The second-order valence-corrected chi connectivity index (χ2v) is 6.64. The molecule has 3 rings (SSSR count). The van der Waals surface area contributed by atoms with E-state index >= 15 is 0 Å². The van der Waals surface area contributed by atoms with E-state index in [9.17, 15) is 9.59 Å². The van der Waals surface area contributed by atoms with E-state index in [-0.39, 0.29) is 5.91 Å². The Bertz CT molecular complexity index is 905. The van der Waals surface area contributed by atoms with Gasteiger partial charge in [-0.1, -0.05) is 43.0 Å². The minimum absolute atomic E-state index is 0.226. The number of benzene rings is 2. The number of para-hydroxylation sites is 3. The molecule has 1 N–H and O–H groups in total. The van der Waals surface area contributed by atoms with Crippen molar-refractivity contribution in [3.05, 3.63) is 54.1 Å². The number of hydrogen-bond donors (Lipinski definition) is 1. The van der Waals surface area contributed by atoms with Crippen molar-refractivity contribution in [2.24, 2.45) is 0 Å². The summed E-state index contributed by atoms with van der Waals surface area (Å²) in [5.41, 5.74) is 2.16. The summed E-state index contributed by atoms with van der Waals surface area (Å²) in [6, 6.07) is 14.2. The van der Waals surface area contributed by atoms with Crippen molar-refractivity contribution in [2.75, 3.05) is 12.4 Å². The predicted molar refractivity (Wildman–Crippen MR) is 100 cm³/mol. The van der Waals surface area contributed by atoms with Crippen LogP contribution in [0.15, 0.2) is 58.2 Å². The summed E-state index contributed by atoms with van der Waals surface area (Å²) in [5.74, 6) is -0.725. The Hall–Kier alpha value is -2.80. The summed E-state index contributed by atoms with van der Waals surface area (Å²) in [6.07, 6.45) is 0.579. The number of rotatable bonds is 6. The van der Waals surface area contributed by atoms with Crippen LogP contribution >= 0.6 is 11.8 Å². The van der Waals surface area contributed by atoms with E-state index in [2.05, 4.69) is 10.3 Å². The van der Waals surface area contributed by atoms with Crippen LogP contribution in [0, 0.1) is 0 Å². The number of nitrogens with one attached hydrogen (secondary N) is 1. The monoisotopic (exact) mass is 370 g/mol. The van der Waals surface area contributed by atoms with Crippen LogP contribution in [0.5, 0.6) is 0 Å². The molecule has 6 nitrogen and oxygen atoms in total. The number of carbonyl (C=O) groups excluding carboxylic acids is 2. The highest BCUT2D eigenvalue weighted by atomic mass is 32.2. The molecular formula is C19H18N2O4S. The lowest BCUT2D eigenvalue weighted by Crippen LogP contribution is -2.25. The molecule has 0 aliphatic rings. The second-order valence-electron chi connectivity index (χ2n) is 5.49. The summed E-state index contributed by atoms with van der Waals surface area (Å²) >= 11 is 1.26. The van der Waals surface area contributed by atoms with E-state index in [0.717, 1.165) is 5.52 Å². The zero-order valence-electron chi connectivity index (χ0n) is 14.4. The van der Waals surface area contributed by atoms with Crippen molar-refractivity contribution in [3.8, 4) is 0 Å². The number of oxazole rings is 1. The van der Waals surface area contributed by atoms with Crippen LogP contribution in [0.3, 0.4) is 0 Å². The molecule has 3 aromatic rings. The Kier molecular flexibility index (Phi) is 5.58. The van der Waals surface area contributed by atoms with Gasteiger partial charge in [-0.25, -0.2) is 9.78 Å². The zero-order valence-corrected chi connectivity index (χ0v) is 15.2. The number of esters is 1. The molecule has 0 saturated heterocycles. The number of amides is 1. The van der Waals surface area contributed by atoms with Crippen molar-refractivity contribution >= 4 is 40.4 Å². The van der Waals surface area contributed by atoms with Gasteiger partial charge in [0, 0.05) is 0 Å². The van der Waals surface area contributed by atoms with Gasteiger partial charge in [0.15, 0.2) is 5.58 Å². The number of thioether (sulfide) groups is 1. The van der Waals surface area contributed by atoms with E-state index in [0.29, 0.717) is 28.5 Å². The number of nitrogens with zero attached hydrogens (tertiary/aromatic N) is 1. The highest BCUT2D eigenvalue weighted by molar-refractivity contribution is 8.00. The van der Waals surface area contributed by atoms with Crippen molar-refractivity contribution in [2.45, 2.75) is 23.8 Å². The Balaban J connectivity index is 1.76. The Morgan fingerprint density at radius 1 is 1.19 bits per heavy atom. The average molecular weight is 370 g/mol. The van der Waals surface area contributed by atoms with Gasteiger partial charge in [0.25, 0.3) is 5.22 Å². The summed E-state index contributed by atoms with van der Waals surface area (Å²) < 4.78 is 10.4. The van der Waals surface area contributed by atoms with Crippen LogP contribution in [0.25, 0.3) is 11.1 Å². The molecule has 0 radical (unpaired) electrons. The number of aromatic nitrogens is 1.